The van der Waals surface area contributed by atoms with Crippen LogP contribution in [0, 0.1) is 5.92 Å². The average Bonchev–Trinajstić information content (AvgIpc) is 3.66. The van der Waals surface area contributed by atoms with Crippen LogP contribution in [0.3, 0.4) is 0 Å². The van der Waals surface area contributed by atoms with Crippen molar-refractivity contribution >= 4 is 34.1 Å². The highest BCUT2D eigenvalue weighted by molar-refractivity contribution is 6.01. The van der Waals surface area contributed by atoms with Gasteiger partial charge in [-0.05, 0) is 83.9 Å². The fraction of sp³-hybridized carbons (Fsp3) is 0.0517. The predicted octanol–water partition coefficient (Wildman–Crippen LogP) is 14.4. The smallest absolute Gasteiger partial charge is 0.164 e. The molecule has 0 saturated heterocycles. The van der Waals surface area contributed by atoms with Crippen LogP contribution in [0.5, 0.6) is 11.5 Å². The number of benzene rings is 8. The second-order valence-electron chi connectivity index (χ2n) is 16.7. The number of fused-ring (bicyclic) bond motifs is 11. The number of rotatable bonds is 5. The Morgan fingerprint density at radius 1 is 0.391 bits per heavy atom. The molecule has 3 unspecified atom stereocenters. The molecule has 2 aliphatic carbocycles. The van der Waals surface area contributed by atoms with Crippen molar-refractivity contribution in [3.8, 4) is 45.7 Å². The summed E-state index contributed by atoms with van der Waals surface area (Å²) in [6.07, 6.45) is 9.14. The lowest BCUT2D eigenvalue weighted by Crippen LogP contribution is -2.37. The van der Waals surface area contributed by atoms with Crippen LogP contribution in [0.25, 0.3) is 34.2 Å². The molecule has 0 fully saturated rings. The highest BCUT2D eigenvalue weighted by Crippen LogP contribution is 2.64. The van der Waals surface area contributed by atoms with Crippen molar-refractivity contribution in [2.75, 3.05) is 9.80 Å². The maximum atomic E-state index is 6.88. The molecular weight excluding hydrogens is 783 g/mol. The summed E-state index contributed by atoms with van der Waals surface area (Å²) in [4.78, 5) is 20.2. The van der Waals surface area contributed by atoms with Crippen molar-refractivity contribution in [2.45, 2.75) is 11.3 Å². The third-order valence-electron chi connectivity index (χ3n) is 13.4. The Balaban J connectivity index is 0.926. The van der Waals surface area contributed by atoms with Gasteiger partial charge in [0.1, 0.15) is 11.5 Å². The molecule has 9 aromatic rings. The molecule has 0 radical (unpaired) electrons. The molecule has 4 aliphatic rings. The van der Waals surface area contributed by atoms with Gasteiger partial charge in [-0.1, -0.05) is 152 Å². The quantitative estimate of drug-likeness (QED) is 0.172. The van der Waals surface area contributed by atoms with E-state index in [2.05, 4.69) is 204 Å². The molecule has 302 valence electrons. The van der Waals surface area contributed by atoms with Gasteiger partial charge in [0.15, 0.2) is 17.5 Å². The summed E-state index contributed by atoms with van der Waals surface area (Å²) < 4.78 is 6.88. The van der Waals surface area contributed by atoms with Crippen molar-refractivity contribution in [1.29, 1.82) is 0 Å². The van der Waals surface area contributed by atoms with E-state index in [0.29, 0.717) is 17.5 Å². The Bertz CT molecular complexity index is 3300. The van der Waals surface area contributed by atoms with Gasteiger partial charge in [-0.25, -0.2) is 15.0 Å². The molecule has 1 spiro atoms. The topological polar surface area (TPSA) is 54.4 Å². The van der Waals surface area contributed by atoms with Gasteiger partial charge in [0.25, 0.3) is 0 Å². The number of aromatic nitrogens is 3. The summed E-state index contributed by atoms with van der Waals surface area (Å²) in [5.74, 6) is 3.92. The third-order valence-corrected chi connectivity index (χ3v) is 13.4. The number of hydrogen-bond donors (Lipinski definition) is 0. The van der Waals surface area contributed by atoms with Crippen molar-refractivity contribution in [3.63, 3.8) is 0 Å². The normalized spacial score (nSPS) is 18.3. The summed E-state index contributed by atoms with van der Waals surface area (Å²) >= 11 is 0. The first-order valence-corrected chi connectivity index (χ1v) is 21.9. The van der Waals surface area contributed by atoms with E-state index in [4.69, 9.17) is 19.7 Å². The molecule has 6 heteroatoms. The van der Waals surface area contributed by atoms with E-state index in [1.807, 2.05) is 30.3 Å². The largest absolute Gasteiger partial charge is 0.457 e. The van der Waals surface area contributed by atoms with Gasteiger partial charge in [0, 0.05) is 51.0 Å². The van der Waals surface area contributed by atoms with Crippen molar-refractivity contribution in [3.05, 3.63) is 247 Å². The molecule has 0 saturated carbocycles. The van der Waals surface area contributed by atoms with Gasteiger partial charge < -0.3 is 14.5 Å². The second kappa shape index (κ2) is 14.4. The minimum atomic E-state index is -0.429. The maximum Gasteiger partial charge on any atom is 0.164 e. The van der Waals surface area contributed by atoms with Gasteiger partial charge in [-0.2, -0.15) is 0 Å². The van der Waals surface area contributed by atoms with Crippen molar-refractivity contribution < 1.29 is 4.74 Å². The number of para-hydroxylation sites is 6. The fourth-order valence-electron chi connectivity index (χ4n) is 10.7. The first-order valence-electron chi connectivity index (χ1n) is 21.9. The monoisotopic (exact) mass is 821 g/mol. The van der Waals surface area contributed by atoms with E-state index >= 15 is 0 Å². The van der Waals surface area contributed by atoms with E-state index in [1.165, 1.54) is 16.7 Å². The predicted molar refractivity (Wildman–Crippen MR) is 256 cm³/mol. The molecule has 0 bridgehead atoms. The minimum Gasteiger partial charge on any atom is -0.457 e. The van der Waals surface area contributed by atoms with Crippen LogP contribution in [0.15, 0.2) is 224 Å². The van der Waals surface area contributed by atoms with Gasteiger partial charge >= 0.3 is 0 Å². The number of ether oxygens (including phenoxy) is 1. The zero-order valence-electron chi connectivity index (χ0n) is 34.7. The molecule has 1 aromatic heterocycles. The second-order valence-corrected chi connectivity index (χ2v) is 16.7. The highest BCUT2D eigenvalue weighted by atomic mass is 16.5. The summed E-state index contributed by atoms with van der Waals surface area (Å²) in [6, 6.07) is 70.5. The first-order chi connectivity index (χ1) is 31.7. The van der Waals surface area contributed by atoms with E-state index in [0.717, 1.165) is 67.9 Å². The van der Waals surface area contributed by atoms with Gasteiger partial charge in [0.2, 0.25) is 0 Å². The molecule has 0 N–H and O–H groups in total. The van der Waals surface area contributed by atoms with Crippen LogP contribution >= 0.6 is 0 Å². The van der Waals surface area contributed by atoms with Gasteiger partial charge in [0.05, 0.1) is 28.2 Å². The van der Waals surface area contributed by atoms with E-state index in [-0.39, 0.29) is 11.8 Å². The molecule has 8 aromatic carbocycles. The zero-order valence-corrected chi connectivity index (χ0v) is 34.7. The van der Waals surface area contributed by atoms with E-state index < -0.39 is 5.41 Å². The number of anilines is 6. The Labute approximate surface area is 371 Å². The number of allylic oxidation sites excluding steroid dienone is 4. The average molecular weight is 822 g/mol. The van der Waals surface area contributed by atoms with Gasteiger partial charge in [-0.15, -0.1) is 0 Å². The Morgan fingerprint density at radius 3 is 1.55 bits per heavy atom. The SMILES string of the molecule is C1=CC2c3ccccc3C3(c4ccccc4Oc4cc(-c5nc(-c6ccccc6)nc(-c6ccc(N7c8ccccc8N(c8ccccc8)c8ccccc87)cc6)n5)ccc43)C2C=C1. The number of nitrogens with zero attached hydrogens (tertiary/aromatic N) is 5. The molecule has 3 atom stereocenters. The lowest BCUT2D eigenvalue weighted by Gasteiger charge is -2.43. The summed E-state index contributed by atoms with van der Waals surface area (Å²) in [5, 5.41) is 0. The third kappa shape index (κ3) is 5.42. The Kier molecular flexibility index (Phi) is 8.15. The Hall–Kier alpha value is -8.35. The van der Waals surface area contributed by atoms with Crippen LogP contribution in [-0.2, 0) is 5.41 Å². The van der Waals surface area contributed by atoms with Crippen molar-refractivity contribution in [1.82, 2.24) is 15.0 Å². The van der Waals surface area contributed by atoms with Crippen LogP contribution < -0.4 is 14.5 Å². The first kappa shape index (κ1) is 36.3. The van der Waals surface area contributed by atoms with Crippen molar-refractivity contribution in [2.24, 2.45) is 5.92 Å². The van der Waals surface area contributed by atoms with Crippen LogP contribution in [0.2, 0.25) is 0 Å². The summed E-state index contributed by atoms with van der Waals surface area (Å²) in [7, 11) is 0. The summed E-state index contributed by atoms with van der Waals surface area (Å²) in [5.41, 5.74) is 13.8. The molecule has 2 aliphatic heterocycles. The van der Waals surface area contributed by atoms with Gasteiger partial charge in [-0.3, -0.25) is 0 Å². The number of hydrogen-bond acceptors (Lipinski definition) is 6. The molecule has 6 nitrogen and oxygen atoms in total. The fourth-order valence-corrected chi connectivity index (χ4v) is 10.7. The summed E-state index contributed by atoms with van der Waals surface area (Å²) in [6.45, 7) is 0. The minimum absolute atomic E-state index is 0.190. The van der Waals surface area contributed by atoms with E-state index in [1.54, 1.807) is 0 Å². The molecular formula is C58H39N5O. The lowest BCUT2D eigenvalue weighted by atomic mass is 9.62. The Morgan fingerprint density at radius 2 is 0.875 bits per heavy atom. The molecule has 13 rings (SSSR count). The standard InChI is InChI=1S/C58H39N5O/c1-3-17-38(18-4-1)55-59-56(39-31-34-42(35-32-39)63-51-28-14-12-26-49(51)62(41-19-5-2-6-20-41)50-27-13-15-29-52(50)63)61-57(60-55)40-33-36-48-54(37-40)64-53-30-16-11-25-47(53)58(48)45-23-9-7-21-43(45)44-22-8-10-24-46(44)58/h1-37,43,45H. The lowest BCUT2D eigenvalue weighted by molar-refractivity contribution is 0.374. The zero-order chi connectivity index (χ0) is 42.2. The molecule has 0 amide bonds. The molecule has 64 heavy (non-hydrogen) atoms. The van der Waals surface area contributed by atoms with Crippen LogP contribution in [0.1, 0.15) is 28.2 Å². The van der Waals surface area contributed by atoms with Crippen LogP contribution in [0.4, 0.5) is 34.1 Å². The highest BCUT2D eigenvalue weighted by Gasteiger charge is 2.56. The van der Waals surface area contributed by atoms with E-state index in [9.17, 15) is 0 Å². The maximum absolute atomic E-state index is 6.88. The van der Waals surface area contributed by atoms with Crippen LogP contribution in [-0.4, -0.2) is 15.0 Å². The molecule has 3 heterocycles.